The average Bonchev–Trinajstić information content (AvgIpc) is 3.12. The summed E-state index contributed by atoms with van der Waals surface area (Å²) < 4.78 is 12.2. The van der Waals surface area contributed by atoms with Crippen LogP contribution in [-0.2, 0) is 17.6 Å². The van der Waals surface area contributed by atoms with E-state index >= 15 is 0 Å². The molecule has 0 unspecified atom stereocenters. The van der Waals surface area contributed by atoms with E-state index in [4.69, 9.17) is 14.6 Å². The number of benzene rings is 1. The van der Waals surface area contributed by atoms with Crippen LogP contribution in [0.25, 0.3) is 10.2 Å². The smallest absolute Gasteiger partial charge is 0.341 e. The molecule has 0 saturated carbocycles. The standard InChI is InChI=1S/C21H21N3O5S/c1-2-28-15-8-5-6-13(19(15)29-11-17(25)26)10-23-24-12-22-20-18(21(24)27)14-7-3-4-9-16(14)30-20/h5-6,8,10,12H,2-4,7,9,11H2,1H3,(H,25,26)/b23-10-. The fourth-order valence-electron chi connectivity index (χ4n) is 3.54. The molecule has 2 aromatic heterocycles. The van der Waals surface area contributed by atoms with Crippen molar-refractivity contribution >= 4 is 33.7 Å². The molecule has 1 aliphatic rings. The third kappa shape index (κ3) is 3.93. The maximum absolute atomic E-state index is 13.0. The van der Waals surface area contributed by atoms with Crippen molar-refractivity contribution in [2.24, 2.45) is 5.10 Å². The third-order valence-electron chi connectivity index (χ3n) is 4.83. The zero-order chi connectivity index (χ0) is 21.1. The van der Waals surface area contributed by atoms with Crippen LogP contribution in [0, 0.1) is 0 Å². The molecule has 0 bridgehead atoms. The fourth-order valence-corrected chi connectivity index (χ4v) is 4.76. The van der Waals surface area contributed by atoms with E-state index in [9.17, 15) is 9.59 Å². The summed E-state index contributed by atoms with van der Waals surface area (Å²) in [6.45, 7) is 1.70. The Kier molecular flexibility index (Phi) is 5.80. The second kappa shape index (κ2) is 8.66. The fraction of sp³-hybridized carbons (Fsp3) is 0.333. The predicted molar refractivity (Wildman–Crippen MR) is 114 cm³/mol. The molecule has 0 radical (unpaired) electrons. The summed E-state index contributed by atoms with van der Waals surface area (Å²) >= 11 is 1.59. The zero-order valence-corrected chi connectivity index (χ0v) is 17.3. The van der Waals surface area contributed by atoms with Crippen molar-refractivity contribution < 1.29 is 19.4 Å². The Balaban J connectivity index is 1.72. The Labute approximate surface area is 176 Å². The lowest BCUT2D eigenvalue weighted by molar-refractivity contribution is -0.139. The third-order valence-corrected chi connectivity index (χ3v) is 6.03. The highest BCUT2D eigenvalue weighted by atomic mass is 32.1. The second-order valence-electron chi connectivity index (χ2n) is 6.82. The van der Waals surface area contributed by atoms with Crippen LogP contribution in [0.1, 0.15) is 35.8 Å². The van der Waals surface area contributed by atoms with Gasteiger partial charge in [0, 0.05) is 10.4 Å². The van der Waals surface area contributed by atoms with Gasteiger partial charge in [-0.2, -0.15) is 9.78 Å². The first-order chi connectivity index (χ1) is 14.6. The molecule has 3 aromatic rings. The van der Waals surface area contributed by atoms with E-state index in [1.54, 1.807) is 29.5 Å². The van der Waals surface area contributed by atoms with E-state index in [2.05, 4.69) is 10.1 Å². The van der Waals surface area contributed by atoms with Gasteiger partial charge in [-0.3, -0.25) is 4.79 Å². The highest BCUT2D eigenvalue weighted by Crippen LogP contribution is 2.33. The molecule has 1 aliphatic carbocycles. The molecule has 1 N–H and O–H groups in total. The van der Waals surface area contributed by atoms with Gasteiger partial charge in [-0.05, 0) is 50.3 Å². The number of carboxylic acids is 1. The minimum atomic E-state index is -1.10. The van der Waals surface area contributed by atoms with Crippen molar-refractivity contribution in [1.29, 1.82) is 0 Å². The molecular weight excluding hydrogens is 406 g/mol. The number of para-hydroxylation sites is 1. The lowest BCUT2D eigenvalue weighted by Gasteiger charge is -2.13. The van der Waals surface area contributed by atoms with Crippen molar-refractivity contribution in [3.63, 3.8) is 0 Å². The molecular formula is C21H21N3O5S. The van der Waals surface area contributed by atoms with Crippen molar-refractivity contribution in [3.05, 3.63) is 50.9 Å². The molecule has 156 valence electrons. The Morgan fingerprint density at radius 1 is 1.33 bits per heavy atom. The molecule has 0 amide bonds. The largest absolute Gasteiger partial charge is 0.490 e. The van der Waals surface area contributed by atoms with Gasteiger partial charge in [0.15, 0.2) is 18.1 Å². The summed E-state index contributed by atoms with van der Waals surface area (Å²) in [5.74, 6) is -0.423. The molecule has 0 spiro atoms. The SMILES string of the molecule is CCOc1cccc(/C=N\n2cnc3sc4c(c3c2=O)CCCC4)c1OCC(=O)O. The normalized spacial score (nSPS) is 13.5. The first-order valence-electron chi connectivity index (χ1n) is 9.75. The molecule has 0 fully saturated rings. The monoisotopic (exact) mass is 427 g/mol. The molecule has 0 saturated heterocycles. The number of ether oxygens (including phenoxy) is 2. The van der Waals surface area contributed by atoms with Crippen LogP contribution in [0.15, 0.2) is 34.4 Å². The summed E-state index contributed by atoms with van der Waals surface area (Å²) in [6, 6.07) is 5.15. The number of hydrogen-bond acceptors (Lipinski definition) is 7. The van der Waals surface area contributed by atoms with E-state index in [0.717, 1.165) is 36.1 Å². The number of carboxylic acid groups (broad SMARTS) is 1. The van der Waals surface area contributed by atoms with Crippen LogP contribution in [0.3, 0.4) is 0 Å². The first-order valence-corrected chi connectivity index (χ1v) is 10.6. The van der Waals surface area contributed by atoms with Crippen molar-refractivity contribution in [2.45, 2.75) is 32.6 Å². The summed E-state index contributed by atoms with van der Waals surface area (Å²) in [4.78, 5) is 30.4. The van der Waals surface area contributed by atoms with Gasteiger partial charge in [-0.25, -0.2) is 9.78 Å². The quantitative estimate of drug-likeness (QED) is 0.581. The van der Waals surface area contributed by atoms with Gasteiger partial charge >= 0.3 is 5.97 Å². The van der Waals surface area contributed by atoms with Crippen LogP contribution >= 0.6 is 11.3 Å². The van der Waals surface area contributed by atoms with Gasteiger partial charge in [-0.15, -0.1) is 11.3 Å². The Morgan fingerprint density at radius 2 is 2.17 bits per heavy atom. The minimum absolute atomic E-state index is 0.204. The number of thiophene rings is 1. The molecule has 0 atom stereocenters. The topological polar surface area (TPSA) is 103 Å². The van der Waals surface area contributed by atoms with Crippen LogP contribution < -0.4 is 15.0 Å². The number of fused-ring (bicyclic) bond motifs is 3. The highest BCUT2D eigenvalue weighted by molar-refractivity contribution is 7.18. The summed E-state index contributed by atoms with van der Waals surface area (Å²) in [6.07, 6.45) is 6.96. The summed E-state index contributed by atoms with van der Waals surface area (Å²) in [5, 5.41) is 13.9. The lowest BCUT2D eigenvalue weighted by Crippen LogP contribution is -2.18. The van der Waals surface area contributed by atoms with E-state index in [1.165, 1.54) is 22.1 Å². The maximum Gasteiger partial charge on any atom is 0.341 e. The van der Waals surface area contributed by atoms with Crippen molar-refractivity contribution in [2.75, 3.05) is 13.2 Å². The van der Waals surface area contributed by atoms with Crippen molar-refractivity contribution in [3.8, 4) is 11.5 Å². The van der Waals surface area contributed by atoms with Crippen LogP contribution in [0.5, 0.6) is 11.5 Å². The molecule has 8 nitrogen and oxygen atoms in total. The molecule has 0 aliphatic heterocycles. The number of aryl methyl sites for hydroxylation is 2. The van der Waals surface area contributed by atoms with Gasteiger partial charge in [0.05, 0.1) is 18.2 Å². The molecule has 4 rings (SSSR count). The van der Waals surface area contributed by atoms with E-state index in [-0.39, 0.29) is 11.3 Å². The van der Waals surface area contributed by atoms with Gasteiger partial charge in [0.2, 0.25) is 0 Å². The van der Waals surface area contributed by atoms with E-state index in [0.29, 0.717) is 23.3 Å². The summed E-state index contributed by atoms with van der Waals surface area (Å²) in [7, 11) is 0. The minimum Gasteiger partial charge on any atom is -0.490 e. The Hall–Kier alpha value is -3.20. The first kappa shape index (κ1) is 20.1. The number of nitrogens with zero attached hydrogens (tertiary/aromatic N) is 3. The Bertz CT molecular complexity index is 1180. The highest BCUT2D eigenvalue weighted by Gasteiger charge is 2.20. The number of hydrogen-bond donors (Lipinski definition) is 1. The lowest BCUT2D eigenvalue weighted by atomic mass is 9.97. The molecule has 30 heavy (non-hydrogen) atoms. The second-order valence-corrected chi connectivity index (χ2v) is 7.90. The van der Waals surface area contributed by atoms with Crippen molar-refractivity contribution in [1.82, 2.24) is 9.66 Å². The van der Waals surface area contributed by atoms with Gasteiger partial charge < -0.3 is 14.6 Å². The predicted octanol–water partition coefficient (Wildman–Crippen LogP) is 3.08. The van der Waals surface area contributed by atoms with Crippen LogP contribution in [0.4, 0.5) is 0 Å². The number of aromatic nitrogens is 2. The van der Waals surface area contributed by atoms with E-state index < -0.39 is 12.6 Å². The maximum atomic E-state index is 13.0. The number of rotatable bonds is 7. The molecule has 9 heteroatoms. The number of aliphatic carboxylic acids is 1. The van der Waals surface area contributed by atoms with Gasteiger partial charge in [-0.1, -0.05) is 6.07 Å². The molecule has 1 aromatic carbocycles. The summed E-state index contributed by atoms with van der Waals surface area (Å²) in [5.41, 5.74) is 1.40. The molecule has 2 heterocycles. The Morgan fingerprint density at radius 3 is 2.97 bits per heavy atom. The average molecular weight is 427 g/mol. The van der Waals surface area contributed by atoms with E-state index in [1.807, 2.05) is 6.92 Å². The van der Waals surface area contributed by atoms with Crippen LogP contribution in [-0.4, -0.2) is 40.2 Å². The van der Waals surface area contributed by atoms with Crippen LogP contribution in [0.2, 0.25) is 0 Å². The van der Waals surface area contributed by atoms with Gasteiger partial charge in [0.25, 0.3) is 5.56 Å². The zero-order valence-electron chi connectivity index (χ0n) is 16.5. The van der Waals surface area contributed by atoms with Gasteiger partial charge in [0.1, 0.15) is 11.2 Å². The number of carbonyl (C=O) groups is 1.